The van der Waals surface area contributed by atoms with Gasteiger partial charge < -0.3 is 5.73 Å². The van der Waals surface area contributed by atoms with Gasteiger partial charge in [0.15, 0.2) is 0 Å². The monoisotopic (exact) mass is 286 g/mol. The smallest absolute Gasteiger partial charge is 0.0471 e. The highest BCUT2D eigenvalue weighted by atomic mass is 35.5. The van der Waals surface area contributed by atoms with Crippen LogP contribution in [-0.2, 0) is 19.5 Å². The molecule has 2 nitrogen and oxygen atoms in total. The van der Waals surface area contributed by atoms with Crippen molar-refractivity contribution in [2.45, 2.75) is 25.9 Å². The molecule has 0 amide bonds. The van der Waals surface area contributed by atoms with Gasteiger partial charge in [-0.2, -0.15) is 0 Å². The lowest BCUT2D eigenvalue weighted by Gasteiger charge is -2.21. The van der Waals surface area contributed by atoms with Crippen molar-refractivity contribution in [2.24, 2.45) is 0 Å². The molecule has 0 radical (unpaired) electrons. The van der Waals surface area contributed by atoms with Crippen LogP contribution < -0.4 is 5.73 Å². The standard InChI is InChI=1S/C17H19ClN2/c18-17-10-16(19)8-7-15(17)12-20-9-3-6-13-4-1-2-5-14(13)11-20/h1-2,4-5,7-8,10H,3,6,9,11-12,19H2. The number of anilines is 1. The Bertz CT molecular complexity index is 610. The van der Waals surface area contributed by atoms with Crippen molar-refractivity contribution in [3.63, 3.8) is 0 Å². The minimum atomic E-state index is 0.722. The molecule has 2 N–H and O–H groups in total. The normalized spacial score (nSPS) is 15.7. The number of benzene rings is 2. The fourth-order valence-electron chi connectivity index (χ4n) is 2.84. The van der Waals surface area contributed by atoms with E-state index in [1.165, 1.54) is 24.0 Å². The Morgan fingerprint density at radius 2 is 1.90 bits per heavy atom. The highest BCUT2D eigenvalue weighted by Crippen LogP contribution is 2.24. The van der Waals surface area contributed by atoms with Crippen LogP contribution in [-0.4, -0.2) is 11.4 Å². The molecule has 0 saturated carbocycles. The van der Waals surface area contributed by atoms with Gasteiger partial charge in [0.1, 0.15) is 0 Å². The number of nitrogen functional groups attached to an aromatic ring is 1. The zero-order chi connectivity index (χ0) is 13.9. The van der Waals surface area contributed by atoms with E-state index in [0.29, 0.717) is 0 Å². The lowest BCUT2D eigenvalue weighted by molar-refractivity contribution is 0.261. The first-order valence-corrected chi connectivity index (χ1v) is 7.43. The van der Waals surface area contributed by atoms with Gasteiger partial charge >= 0.3 is 0 Å². The Kier molecular flexibility index (Phi) is 3.95. The van der Waals surface area contributed by atoms with Gasteiger partial charge in [-0.1, -0.05) is 41.9 Å². The maximum Gasteiger partial charge on any atom is 0.0471 e. The summed E-state index contributed by atoms with van der Waals surface area (Å²) >= 11 is 6.28. The highest BCUT2D eigenvalue weighted by Gasteiger charge is 2.15. The molecule has 0 aromatic heterocycles. The van der Waals surface area contributed by atoms with E-state index in [0.717, 1.165) is 35.9 Å². The van der Waals surface area contributed by atoms with E-state index < -0.39 is 0 Å². The minimum absolute atomic E-state index is 0.722. The Balaban J connectivity index is 1.78. The van der Waals surface area contributed by atoms with Crippen molar-refractivity contribution in [1.82, 2.24) is 4.90 Å². The molecule has 1 aliphatic rings. The number of aryl methyl sites for hydroxylation is 1. The summed E-state index contributed by atoms with van der Waals surface area (Å²) in [6.45, 7) is 2.99. The molecule has 0 atom stereocenters. The van der Waals surface area contributed by atoms with Gasteiger partial charge in [0, 0.05) is 23.8 Å². The van der Waals surface area contributed by atoms with Crippen LogP contribution in [0.2, 0.25) is 5.02 Å². The van der Waals surface area contributed by atoms with Gasteiger partial charge in [-0.15, -0.1) is 0 Å². The lowest BCUT2D eigenvalue weighted by atomic mass is 10.0. The van der Waals surface area contributed by atoms with E-state index in [1.54, 1.807) is 0 Å². The average molecular weight is 287 g/mol. The molecular formula is C17H19ClN2. The van der Waals surface area contributed by atoms with E-state index >= 15 is 0 Å². The van der Waals surface area contributed by atoms with Crippen LogP contribution in [0.25, 0.3) is 0 Å². The van der Waals surface area contributed by atoms with Crippen molar-refractivity contribution in [1.29, 1.82) is 0 Å². The largest absolute Gasteiger partial charge is 0.399 e. The first-order chi connectivity index (χ1) is 9.72. The Hall–Kier alpha value is -1.51. The summed E-state index contributed by atoms with van der Waals surface area (Å²) in [5.41, 5.74) is 10.6. The third-order valence-corrected chi connectivity index (χ3v) is 4.26. The van der Waals surface area contributed by atoms with E-state index in [2.05, 4.69) is 29.2 Å². The van der Waals surface area contributed by atoms with E-state index in [9.17, 15) is 0 Å². The van der Waals surface area contributed by atoms with E-state index in [-0.39, 0.29) is 0 Å². The third kappa shape index (κ3) is 2.97. The zero-order valence-corrected chi connectivity index (χ0v) is 12.2. The SMILES string of the molecule is Nc1ccc(CN2CCCc3ccccc3C2)c(Cl)c1. The van der Waals surface area contributed by atoms with Gasteiger partial charge in [-0.05, 0) is 48.2 Å². The minimum Gasteiger partial charge on any atom is -0.399 e. The first kappa shape index (κ1) is 13.5. The fraction of sp³-hybridized carbons (Fsp3) is 0.294. The summed E-state index contributed by atoms with van der Waals surface area (Å²) in [5, 5.41) is 0.766. The summed E-state index contributed by atoms with van der Waals surface area (Å²) in [6, 6.07) is 14.5. The third-order valence-electron chi connectivity index (χ3n) is 3.90. The number of fused-ring (bicyclic) bond motifs is 1. The van der Waals surface area contributed by atoms with Crippen LogP contribution in [0.3, 0.4) is 0 Å². The molecule has 3 heteroatoms. The number of hydrogen-bond acceptors (Lipinski definition) is 2. The molecule has 0 bridgehead atoms. The fourth-order valence-corrected chi connectivity index (χ4v) is 3.09. The molecule has 3 rings (SSSR count). The molecule has 0 aliphatic carbocycles. The maximum atomic E-state index is 6.28. The van der Waals surface area contributed by atoms with Crippen molar-refractivity contribution in [3.05, 3.63) is 64.2 Å². The van der Waals surface area contributed by atoms with E-state index in [4.69, 9.17) is 17.3 Å². The van der Waals surface area contributed by atoms with Crippen LogP contribution in [0, 0.1) is 0 Å². The first-order valence-electron chi connectivity index (χ1n) is 7.05. The molecule has 0 saturated heterocycles. The Morgan fingerprint density at radius 3 is 2.70 bits per heavy atom. The molecular weight excluding hydrogens is 268 g/mol. The van der Waals surface area contributed by atoms with Gasteiger partial charge in [-0.3, -0.25) is 4.90 Å². The van der Waals surface area contributed by atoms with Crippen LogP contribution >= 0.6 is 11.6 Å². The van der Waals surface area contributed by atoms with Crippen LogP contribution in [0.5, 0.6) is 0 Å². The number of nitrogens with two attached hydrogens (primary N) is 1. The molecule has 2 aromatic rings. The molecule has 0 fully saturated rings. The summed E-state index contributed by atoms with van der Waals surface area (Å²) < 4.78 is 0. The number of hydrogen-bond donors (Lipinski definition) is 1. The number of rotatable bonds is 2. The second-order valence-electron chi connectivity index (χ2n) is 5.43. The van der Waals surface area contributed by atoms with Gasteiger partial charge in [-0.25, -0.2) is 0 Å². The summed E-state index contributed by atoms with van der Waals surface area (Å²) in [5.74, 6) is 0. The van der Waals surface area contributed by atoms with Crippen LogP contribution in [0.4, 0.5) is 5.69 Å². The lowest BCUT2D eigenvalue weighted by Crippen LogP contribution is -2.22. The van der Waals surface area contributed by atoms with Gasteiger partial charge in [0.05, 0.1) is 0 Å². The molecule has 1 aliphatic heterocycles. The van der Waals surface area contributed by atoms with Crippen molar-refractivity contribution in [2.75, 3.05) is 12.3 Å². The predicted molar refractivity (Wildman–Crippen MR) is 84.7 cm³/mol. The number of nitrogens with zero attached hydrogens (tertiary/aromatic N) is 1. The van der Waals surface area contributed by atoms with Gasteiger partial charge in [0.2, 0.25) is 0 Å². The topological polar surface area (TPSA) is 29.3 Å². The summed E-state index contributed by atoms with van der Waals surface area (Å²) in [4.78, 5) is 2.46. The van der Waals surface area contributed by atoms with Crippen molar-refractivity contribution in [3.8, 4) is 0 Å². The molecule has 0 unspecified atom stereocenters. The van der Waals surface area contributed by atoms with Crippen molar-refractivity contribution >= 4 is 17.3 Å². The quantitative estimate of drug-likeness (QED) is 0.849. The molecule has 104 valence electrons. The predicted octanol–water partition coefficient (Wildman–Crippen LogP) is 3.87. The van der Waals surface area contributed by atoms with Gasteiger partial charge in [0.25, 0.3) is 0 Å². The zero-order valence-electron chi connectivity index (χ0n) is 11.5. The Labute approximate surface area is 125 Å². The Morgan fingerprint density at radius 1 is 1.10 bits per heavy atom. The summed E-state index contributed by atoms with van der Waals surface area (Å²) in [7, 11) is 0. The molecule has 1 heterocycles. The maximum absolute atomic E-state index is 6.28. The van der Waals surface area contributed by atoms with E-state index in [1.807, 2.05) is 18.2 Å². The molecule has 0 spiro atoms. The highest BCUT2D eigenvalue weighted by molar-refractivity contribution is 6.31. The second-order valence-corrected chi connectivity index (χ2v) is 5.84. The average Bonchev–Trinajstić information content (AvgIpc) is 2.63. The van der Waals surface area contributed by atoms with Crippen LogP contribution in [0.1, 0.15) is 23.1 Å². The van der Waals surface area contributed by atoms with Crippen molar-refractivity contribution < 1.29 is 0 Å². The van der Waals surface area contributed by atoms with Crippen LogP contribution in [0.15, 0.2) is 42.5 Å². The number of halogens is 1. The molecule has 20 heavy (non-hydrogen) atoms. The molecule has 2 aromatic carbocycles. The summed E-state index contributed by atoms with van der Waals surface area (Å²) in [6.07, 6.45) is 2.37. The second kappa shape index (κ2) is 5.86.